The molecule has 4 amide bonds. The third kappa shape index (κ3) is 1.82. The predicted octanol–water partition coefficient (Wildman–Crippen LogP) is 1.51. The topological polar surface area (TPSA) is 69.7 Å². The molecule has 1 saturated heterocycles. The summed E-state index contributed by atoms with van der Waals surface area (Å²) in [6, 6.07) is 6.49. The molecule has 0 bridgehead atoms. The van der Waals surface area contributed by atoms with Crippen LogP contribution in [0.5, 0.6) is 0 Å². The first-order valence-corrected chi connectivity index (χ1v) is 6.94. The van der Waals surface area contributed by atoms with Gasteiger partial charge in [-0.3, -0.25) is 14.9 Å². The highest BCUT2D eigenvalue weighted by atomic mass is 16.2. The summed E-state index contributed by atoms with van der Waals surface area (Å²) in [6.45, 7) is 0. The van der Waals surface area contributed by atoms with Crippen molar-refractivity contribution in [3.8, 4) is 0 Å². The Morgan fingerprint density at radius 2 is 1.81 bits per heavy atom. The average Bonchev–Trinajstić information content (AvgIpc) is 2.37. The second-order valence-corrected chi connectivity index (χ2v) is 5.72. The van der Waals surface area contributed by atoms with Crippen molar-refractivity contribution in [2.75, 3.05) is 23.9 Å². The Hall–Kier alpha value is -2.37. The number of carbonyl (C=O) groups excluding carboxylic acids is 3. The first-order valence-electron chi connectivity index (χ1n) is 6.94. The largest absolute Gasteiger partial charge is 0.376 e. The van der Waals surface area contributed by atoms with Gasteiger partial charge in [0.25, 0.3) is 5.91 Å². The average molecular weight is 287 g/mol. The molecule has 1 heterocycles. The van der Waals surface area contributed by atoms with Gasteiger partial charge in [0.2, 0.25) is 5.91 Å². The lowest BCUT2D eigenvalue weighted by Gasteiger charge is -2.44. The number of para-hydroxylation sites is 2. The van der Waals surface area contributed by atoms with E-state index >= 15 is 0 Å². The second kappa shape index (κ2) is 4.58. The third-order valence-corrected chi connectivity index (χ3v) is 4.28. The number of hydrogen-bond donors (Lipinski definition) is 1. The van der Waals surface area contributed by atoms with Crippen molar-refractivity contribution >= 4 is 29.2 Å². The molecule has 1 aliphatic heterocycles. The number of rotatable bonds is 2. The van der Waals surface area contributed by atoms with Crippen LogP contribution in [0.3, 0.4) is 0 Å². The Bertz CT molecular complexity index is 635. The number of imide groups is 2. The summed E-state index contributed by atoms with van der Waals surface area (Å²) in [7, 11) is 3.69. The Labute approximate surface area is 122 Å². The lowest BCUT2D eigenvalue weighted by molar-refractivity contribution is -0.148. The number of nitrogens with zero attached hydrogens (tertiary/aromatic N) is 2. The summed E-state index contributed by atoms with van der Waals surface area (Å²) in [5.41, 5.74) is 0.210. The molecule has 110 valence electrons. The standard InChI is InChI=1S/C15H17N3O3/c1-17(2)10-6-3-4-7-11(10)18-13(20)15(8-5-9-15)12(19)16-14(18)21/h3-4,6-7H,5,8-9H2,1-2H3,(H,16,19,21). The smallest absolute Gasteiger partial charge is 0.335 e. The van der Waals surface area contributed by atoms with Crippen molar-refractivity contribution in [2.24, 2.45) is 5.41 Å². The quantitative estimate of drug-likeness (QED) is 0.837. The molecule has 21 heavy (non-hydrogen) atoms. The van der Waals surface area contributed by atoms with E-state index in [0.717, 1.165) is 17.0 Å². The zero-order valence-electron chi connectivity index (χ0n) is 12.0. The van der Waals surface area contributed by atoms with Gasteiger partial charge in [0.1, 0.15) is 5.41 Å². The molecule has 3 rings (SSSR count). The minimum absolute atomic E-state index is 0.406. The van der Waals surface area contributed by atoms with E-state index in [2.05, 4.69) is 5.32 Å². The van der Waals surface area contributed by atoms with Crippen LogP contribution in [0.2, 0.25) is 0 Å². The van der Waals surface area contributed by atoms with Gasteiger partial charge in [0, 0.05) is 14.1 Å². The van der Waals surface area contributed by atoms with E-state index in [0.29, 0.717) is 18.5 Å². The van der Waals surface area contributed by atoms with Crippen molar-refractivity contribution in [3.63, 3.8) is 0 Å². The SMILES string of the molecule is CN(C)c1ccccc1N1C(=O)NC(=O)C2(CCC2)C1=O. The summed E-state index contributed by atoms with van der Waals surface area (Å²) >= 11 is 0. The van der Waals surface area contributed by atoms with Crippen LogP contribution in [0.15, 0.2) is 24.3 Å². The molecular weight excluding hydrogens is 270 g/mol. The van der Waals surface area contributed by atoms with Gasteiger partial charge >= 0.3 is 6.03 Å². The Balaban J connectivity index is 2.07. The number of amides is 4. The van der Waals surface area contributed by atoms with Crippen molar-refractivity contribution in [1.29, 1.82) is 0 Å². The highest BCUT2D eigenvalue weighted by Crippen LogP contribution is 2.46. The normalized spacial score (nSPS) is 20.3. The highest BCUT2D eigenvalue weighted by molar-refractivity contribution is 6.31. The molecule has 0 aromatic heterocycles. The number of urea groups is 1. The first-order chi connectivity index (χ1) is 9.97. The van der Waals surface area contributed by atoms with Crippen LogP contribution in [0.25, 0.3) is 0 Å². The van der Waals surface area contributed by atoms with Gasteiger partial charge in [-0.1, -0.05) is 18.6 Å². The Kier molecular flexibility index (Phi) is 2.97. The van der Waals surface area contributed by atoms with E-state index < -0.39 is 23.3 Å². The fraction of sp³-hybridized carbons (Fsp3) is 0.400. The van der Waals surface area contributed by atoms with E-state index in [1.807, 2.05) is 31.1 Å². The van der Waals surface area contributed by atoms with Gasteiger partial charge in [0.15, 0.2) is 0 Å². The molecule has 0 radical (unpaired) electrons. The van der Waals surface area contributed by atoms with E-state index in [-0.39, 0.29) is 0 Å². The van der Waals surface area contributed by atoms with Crippen molar-refractivity contribution in [2.45, 2.75) is 19.3 Å². The zero-order valence-corrected chi connectivity index (χ0v) is 12.0. The minimum atomic E-state index is -1.05. The number of nitrogens with one attached hydrogen (secondary N) is 1. The zero-order chi connectivity index (χ0) is 15.2. The van der Waals surface area contributed by atoms with Crippen molar-refractivity contribution in [1.82, 2.24) is 5.32 Å². The molecule has 6 heteroatoms. The van der Waals surface area contributed by atoms with Crippen molar-refractivity contribution in [3.05, 3.63) is 24.3 Å². The molecule has 2 fully saturated rings. The number of anilines is 2. The van der Waals surface area contributed by atoms with Gasteiger partial charge in [-0.25, -0.2) is 9.69 Å². The molecule has 0 atom stereocenters. The summed E-state index contributed by atoms with van der Waals surface area (Å²) < 4.78 is 0. The summed E-state index contributed by atoms with van der Waals surface area (Å²) in [4.78, 5) is 39.9. The van der Waals surface area contributed by atoms with Crippen LogP contribution in [0.1, 0.15) is 19.3 Å². The molecule has 1 aromatic carbocycles. The van der Waals surface area contributed by atoms with Gasteiger partial charge < -0.3 is 4.90 Å². The molecule has 2 aliphatic rings. The van der Waals surface area contributed by atoms with E-state index in [1.54, 1.807) is 12.1 Å². The molecule has 1 aromatic rings. The summed E-state index contributed by atoms with van der Waals surface area (Å²) in [5.74, 6) is -0.862. The molecule has 1 saturated carbocycles. The van der Waals surface area contributed by atoms with Crippen LogP contribution in [0.4, 0.5) is 16.2 Å². The molecule has 1 N–H and O–H groups in total. The monoisotopic (exact) mass is 287 g/mol. The summed E-state index contributed by atoms with van der Waals surface area (Å²) in [6.07, 6.45) is 1.84. The lowest BCUT2D eigenvalue weighted by Crippen LogP contribution is -2.66. The maximum Gasteiger partial charge on any atom is 0.335 e. The van der Waals surface area contributed by atoms with Gasteiger partial charge in [0.05, 0.1) is 11.4 Å². The molecule has 0 unspecified atom stereocenters. The number of hydrogen-bond acceptors (Lipinski definition) is 4. The van der Waals surface area contributed by atoms with Crippen LogP contribution in [0, 0.1) is 5.41 Å². The lowest BCUT2D eigenvalue weighted by atomic mass is 9.66. The molecular formula is C15H17N3O3. The maximum absolute atomic E-state index is 12.8. The predicted molar refractivity (Wildman–Crippen MR) is 78.1 cm³/mol. The number of barbiturate groups is 1. The Morgan fingerprint density at radius 3 is 2.38 bits per heavy atom. The number of carbonyl (C=O) groups is 3. The van der Waals surface area contributed by atoms with Crippen LogP contribution < -0.4 is 15.1 Å². The summed E-state index contributed by atoms with van der Waals surface area (Å²) in [5, 5.41) is 2.33. The Morgan fingerprint density at radius 1 is 1.14 bits per heavy atom. The van der Waals surface area contributed by atoms with Gasteiger partial charge in [-0.2, -0.15) is 0 Å². The molecule has 1 aliphatic carbocycles. The minimum Gasteiger partial charge on any atom is -0.376 e. The molecule has 6 nitrogen and oxygen atoms in total. The van der Waals surface area contributed by atoms with E-state index in [4.69, 9.17) is 0 Å². The van der Waals surface area contributed by atoms with Gasteiger partial charge in [-0.05, 0) is 25.0 Å². The first kappa shape index (κ1) is 13.6. The maximum atomic E-state index is 12.8. The van der Waals surface area contributed by atoms with E-state index in [1.165, 1.54) is 0 Å². The number of benzene rings is 1. The fourth-order valence-corrected chi connectivity index (χ4v) is 2.90. The second-order valence-electron chi connectivity index (χ2n) is 5.72. The van der Waals surface area contributed by atoms with Crippen molar-refractivity contribution < 1.29 is 14.4 Å². The fourth-order valence-electron chi connectivity index (χ4n) is 2.90. The van der Waals surface area contributed by atoms with Crippen LogP contribution in [-0.4, -0.2) is 31.9 Å². The van der Waals surface area contributed by atoms with Crippen LogP contribution >= 0.6 is 0 Å². The van der Waals surface area contributed by atoms with Gasteiger partial charge in [-0.15, -0.1) is 0 Å². The van der Waals surface area contributed by atoms with Crippen LogP contribution in [-0.2, 0) is 9.59 Å². The van der Waals surface area contributed by atoms with E-state index in [9.17, 15) is 14.4 Å². The third-order valence-electron chi connectivity index (χ3n) is 4.28. The molecule has 1 spiro atoms. The highest BCUT2D eigenvalue weighted by Gasteiger charge is 2.57.